The molecule has 0 aromatic rings. The minimum atomic E-state index is -4.19. The molecule has 2 N–H and O–H groups in total. The third-order valence-electron chi connectivity index (χ3n) is 4.00. The molecule has 23 heavy (non-hydrogen) atoms. The van der Waals surface area contributed by atoms with Crippen molar-refractivity contribution in [2.45, 2.75) is 65.1 Å². The van der Waals surface area contributed by atoms with E-state index in [0.29, 0.717) is 32.4 Å². The van der Waals surface area contributed by atoms with Crippen molar-refractivity contribution in [2.75, 3.05) is 19.7 Å². The van der Waals surface area contributed by atoms with E-state index >= 15 is 0 Å². The van der Waals surface area contributed by atoms with Crippen LogP contribution < -0.4 is 5.32 Å². The number of urea groups is 1. The quantitative estimate of drug-likeness (QED) is 0.805. The Bertz CT molecular complexity index is 381. The molecule has 0 aliphatic heterocycles. The maximum absolute atomic E-state index is 12.8. The Hall–Kier alpha value is -0.980. The van der Waals surface area contributed by atoms with E-state index in [9.17, 15) is 18.0 Å². The Balaban J connectivity index is 2.62. The highest BCUT2D eigenvalue weighted by atomic mass is 19.4. The van der Waals surface area contributed by atoms with Crippen molar-refractivity contribution < 1.29 is 23.1 Å². The lowest BCUT2D eigenvalue weighted by atomic mass is 9.85. The van der Waals surface area contributed by atoms with E-state index in [1.165, 1.54) is 0 Å². The lowest BCUT2D eigenvalue weighted by Gasteiger charge is -2.34. The maximum atomic E-state index is 12.8. The summed E-state index contributed by atoms with van der Waals surface area (Å²) in [5, 5.41) is 11.7. The molecular formula is C16H29F3N2O2. The predicted molar refractivity (Wildman–Crippen MR) is 83.1 cm³/mol. The number of amides is 2. The zero-order valence-corrected chi connectivity index (χ0v) is 14.2. The van der Waals surface area contributed by atoms with Gasteiger partial charge in [-0.2, -0.15) is 13.2 Å². The van der Waals surface area contributed by atoms with Crippen molar-refractivity contribution in [3.8, 4) is 0 Å². The summed E-state index contributed by atoms with van der Waals surface area (Å²) in [5.41, 5.74) is -0.117. The van der Waals surface area contributed by atoms with Gasteiger partial charge in [-0.25, -0.2) is 4.79 Å². The number of carbonyl (C=O) groups excluding carboxylic acids is 1. The highest BCUT2D eigenvalue weighted by molar-refractivity contribution is 5.74. The summed E-state index contributed by atoms with van der Waals surface area (Å²) in [7, 11) is 0. The topological polar surface area (TPSA) is 52.6 Å². The van der Waals surface area contributed by atoms with Gasteiger partial charge in [0, 0.05) is 25.7 Å². The summed E-state index contributed by atoms with van der Waals surface area (Å²) in [6.45, 7) is 6.85. The molecule has 2 amide bonds. The molecule has 0 saturated heterocycles. The highest BCUT2D eigenvalue weighted by Gasteiger charge is 2.42. The number of rotatable bonds is 5. The molecule has 0 radical (unpaired) electrons. The van der Waals surface area contributed by atoms with Crippen LogP contribution in [0.1, 0.15) is 52.9 Å². The normalized spacial score (nSPS) is 22.7. The Labute approximate surface area is 136 Å². The van der Waals surface area contributed by atoms with Gasteiger partial charge in [0.05, 0.1) is 5.92 Å². The smallest absolute Gasteiger partial charge is 0.391 e. The first-order valence-electron chi connectivity index (χ1n) is 8.26. The first kappa shape index (κ1) is 20.1. The van der Waals surface area contributed by atoms with E-state index in [-0.39, 0.29) is 30.9 Å². The van der Waals surface area contributed by atoms with E-state index in [4.69, 9.17) is 5.11 Å². The van der Waals surface area contributed by atoms with Gasteiger partial charge in [0.1, 0.15) is 0 Å². The molecule has 136 valence electrons. The van der Waals surface area contributed by atoms with Gasteiger partial charge in [-0.1, -0.05) is 27.2 Å². The molecule has 1 saturated carbocycles. The molecule has 1 fully saturated rings. The second kappa shape index (κ2) is 8.22. The van der Waals surface area contributed by atoms with Crippen LogP contribution in [0.25, 0.3) is 0 Å². The zero-order chi connectivity index (χ0) is 17.7. The number of carbonyl (C=O) groups is 1. The largest absolute Gasteiger partial charge is 0.396 e. The van der Waals surface area contributed by atoms with Crippen molar-refractivity contribution in [1.29, 1.82) is 0 Å². The van der Waals surface area contributed by atoms with E-state index in [1.807, 2.05) is 20.8 Å². The number of nitrogens with zero attached hydrogens (tertiary/aromatic N) is 1. The van der Waals surface area contributed by atoms with Gasteiger partial charge in [-0.3, -0.25) is 0 Å². The molecule has 4 nitrogen and oxygen atoms in total. The van der Waals surface area contributed by atoms with Crippen LogP contribution >= 0.6 is 0 Å². The summed E-state index contributed by atoms with van der Waals surface area (Å²) >= 11 is 0. The van der Waals surface area contributed by atoms with Gasteiger partial charge >= 0.3 is 12.2 Å². The number of halogens is 3. The Morgan fingerprint density at radius 1 is 1.26 bits per heavy atom. The lowest BCUT2D eigenvalue weighted by Crippen LogP contribution is -2.49. The van der Waals surface area contributed by atoms with Crippen LogP contribution in [-0.2, 0) is 0 Å². The first-order chi connectivity index (χ1) is 10.5. The third-order valence-corrected chi connectivity index (χ3v) is 4.00. The summed E-state index contributed by atoms with van der Waals surface area (Å²) in [5.74, 6) is -1.32. The molecule has 1 aliphatic rings. The summed E-state index contributed by atoms with van der Waals surface area (Å²) in [6, 6.07) is -0.763. The van der Waals surface area contributed by atoms with E-state index in [0.717, 1.165) is 0 Å². The van der Waals surface area contributed by atoms with Crippen LogP contribution in [0.3, 0.4) is 0 Å². The Morgan fingerprint density at radius 2 is 1.91 bits per heavy atom. The summed E-state index contributed by atoms with van der Waals surface area (Å²) < 4.78 is 38.5. The summed E-state index contributed by atoms with van der Waals surface area (Å²) in [4.78, 5) is 14.0. The first-order valence-corrected chi connectivity index (χ1v) is 8.26. The van der Waals surface area contributed by atoms with Crippen molar-refractivity contribution in [2.24, 2.45) is 11.3 Å². The second-order valence-electron chi connectivity index (χ2n) is 7.61. The van der Waals surface area contributed by atoms with Gasteiger partial charge in [0.15, 0.2) is 0 Å². The number of nitrogens with one attached hydrogen (secondary N) is 1. The standard InChI is InChI=1S/C16H29F3N2O2/c1-15(2,3)11-21(8-5-9-22)14(23)20-13-7-4-6-12(10-13)16(17,18)19/h12-13,22H,4-11H2,1-3H3,(H,20,23). The van der Waals surface area contributed by atoms with Crippen LogP contribution in [0.2, 0.25) is 0 Å². The molecular weight excluding hydrogens is 309 g/mol. The average molecular weight is 338 g/mol. The third kappa shape index (κ3) is 7.42. The minimum Gasteiger partial charge on any atom is -0.396 e. The summed E-state index contributed by atoms with van der Waals surface area (Å²) in [6.07, 6.45) is -2.57. The van der Waals surface area contributed by atoms with Crippen molar-refractivity contribution in [3.63, 3.8) is 0 Å². The predicted octanol–water partition coefficient (Wildman–Crippen LogP) is 3.55. The molecule has 0 spiro atoms. The van der Waals surface area contributed by atoms with Crippen molar-refractivity contribution >= 4 is 6.03 Å². The second-order valence-corrected chi connectivity index (χ2v) is 7.61. The van der Waals surface area contributed by atoms with Gasteiger partial charge in [0.25, 0.3) is 0 Å². The monoisotopic (exact) mass is 338 g/mol. The van der Waals surface area contributed by atoms with Gasteiger partial charge in [0.2, 0.25) is 0 Å². The number of hydrogen-bond acceptors (Lipinski definition) is 2. The Morgan fingerprint density at radius 3 is 2.43 bits per heavy atom. The fourth-order valence-corrected chi connectivity index (χ4v) is 2.97. The average Bonchev–Trinajstić information content (AvgIpc) is 2.41. The van der Waals surface area contributed by atoms with Gasteiger partial charge < -0.3 is 15.3 Å². The number of hydrogen-bond donors (Lipinski definition) is 2. The Kier molecular flexibility index (Phi) is 7.17. The van der Waals surface area contributed by atoms with Crippen LogP contribution in [0.4, 0.5) is 18.0 Å². The maximum Gasteiger partial charge on any atom is 0.391 e. The number of alkyl halides is 3. The van der Waals surface area contributed by atoms with Crippen LogP contribution in [-0.4, -0.2) is 48.0 Å². The van der Waals surface area contributed by atoms with Crippen LogP contribution in [0.5, 0.6) is 0 Å². The lowest BCUT2D eigenvalue weighted by molar-refractivity contribution is -0.183. The molecule has 0 bridgehead atoms. The van der Waals surface area contributed by atoms with Crippen LogP contribution in [0, 0.1) is 11.3 Å². The fraction of sp³-hybridized carbons (Fsp3) is 0.938. The van der Waals surface area contributed by atoms with Crippen LogP contribution in [0.15, 0.2) is 0 Å². The zero-order valence-electron chi connectivity index (χ0n) is 14.2. The fourth-order valence-electron chi connectivity index (χ4n) is 2.97. The highest BCUT2D eigenvalue weighted by Crippen LogP contribution is 2.37. The molecule has 0 heterocycles. The molecule has 0 aromatic carbocycles. The molecule has 7 heteroatoms. The number of aliphatic hydroxyl groups is 1. The molecule has 2 atom stereocenters. The van der Waals surface area contributed by atoms with Crippen molar-refractivity contribution in [1.82, 2.24) is 10.2 Å². The van der Waals surface area contributed by atoms with E-state index in [1.54, 1.807) is 4.90 Å². The molecule has 1 rings (SSSR count). The minimum absolute atomic E-state index is 0.0203. The van der Waals surface area contributed by atoms with Gasteiger partial charge in [-0.15, -0.1) is 0 Å². The van der Waals surface area contributed by atoms with E-state index in [2.05, 4.69) is 5.32 Å². The van der Waals surface area contributed by atoms with Gasteiger partial charge in [-0.05, 0) is 31.1 Å². The molecule has 2 unspecified atom stereocenters. The number of aliphatic hydroxyl groups excluding tert-OH is 1. The SMILES string of the molecule is CC(C)(C)CN(CCCO)C(=O)NC1CCCC(C(F)(F)F)C1. The van der Waals surface area contributed by atoms with E-state index < -0.39 is 18.1 Å². The molecule has 1 aliphatic carbocycles. The van der Waals surface area contributed by atoms with Crippen molar-refractivity contribution in [3.05, 3.63) is 0 Å². The molecule has 0 aromatic heterocycles.